The predicted octanol–water partition coefficient (Wildman–Crippen LogP) is 3.73. The number of ketones is 1. The van der Waals surface area contributed by atoms with E-state index in [1.54, 1.807) is 7.11 Å². The van der Waals surface area contributed by atoms with Gasteiger partial charge in [0.25, 0.3) is 0 Å². The number of aryl methyl sites for hydroxylation is 2. The first kappa shape index (κ1) is 17.8. The molecule has 0 radical (unpaired) electrons. The molecule has 3 heterocycles. The first-order valence-corrected chi connectivity index (χ1v) is 9.60. The second-order valence-corrected chi connectivity index (χ2v) is 7.71. The fourth-order valence-corrected chi connectivity index (χ4v) is 4.12. The number of ether oxygens (including phenoxy) is 1. The van der Waals surface area contributed by atoms with E-state index >= 15 is 0 Å². The number of methoxy groups -OCH3 is 1. The second-order valence-electron chi connectivity index (χ2n) is 7.71. The number of hydrogen-bond donors (Lipinski definition) is 1. The van der Waals surface area contributed by atoms with Gasteiger partial charge in [-0.1, -0.05) is 0 Å². The molecule has 3 aromatic rings. The largest absolute Gasteiger partial charge is 0.481 e. The molecule has 2 aromatic carbocycles. The lowest BCUT2D eigenvalue weighted by Crippen LogP contribution is -2.48. The quantitative estimate of drug-likeness (QED) is 0.725. The maximum absolute atomic E-state index is 13.2. The average molecular weight is 387 g/mol. The number of aliphatic imine (C=N–C) groups is 1. The summed E-state index contributed by atoms with van der Waals surface area (Å²) >= 11 is 0. The highest BCUT2D eigenvalue weighted by Gasteiger charge is 2.52. The number of carbonyl (C=O) groups is 1. The summed E-state index contributed by atoms with van der Waals surface area (Å²) in [5.41, 5.74) is 3.32. The molecule has 1 fully saturated rings. The summed E-state index contributed by atoms with van der Waals surface area (Å²) in [6, 6.07) is 13.4. The van der Waals surface area contributed by atoms with Gasteiger partial charge in [-0.3, -0.25) is 4.79 Å². The van der Waals surface area contributed by atoms with Crippen LogP contribution < -0.4 is 9.64 Å². The third-order valence-corrected chi connectivity index (χ3v) is 5.95. The monoisotopic (exact) mass is 387 g/mol. The highest BCUT2D eigenvalue weighted by Crippen LogP contribution is 2.40. The zero-order valence-electron chi connectivity index (χ0n) is 16.6. The number of rotatable bonds is 2. The molecule has 6 heteroatoms. The van der Waals surface area contributed by atoms with E-state index in [1.165, 1.54) is 0 Å². The molecule has 0 spiro atoms. The van der Waals surface area contributed by atoms with Crippen LogP contribution in [0.5, 0.6) is 5.88 Å². The highest BCUT2D eigenvalue weighted by atomic mass is 16.5. The van der Waals surface area contributed by atoms with E-state index in [4.69, 9.17) is 9.73 Å². The van der Waals surface area contributed by atoms with Crippen molar-refractivity contribution in [3.8, 4) is 5.88 Å². The third-order valence-electron chi connectivity index (χ3n) is 5.95. The summed E-state index contributed by atoms with van der Waals surface area (Å²) in [5, 5.41) is 12.2. The molecule has 0 amide bonds. The van der Waals surface area contributed by atoms with Gasteiger partial charge >= 0.3 is 0 Å². The molecule has 1 atom stereocenters. The number of aromatic nitrogens is 1. The Kier molecular flexibility index (Phi) is 3.76. The van der Waals surface area contributed by atoms with Crippen LogP contribution in [0, 0.1) is 13.8 Å². The molecule has 0 bridgehead atoms. The van der Waals surface area contributed by atoms with Crippen molar-refractivity contribution in [2.24, 2.45) is 4.99 Å². The number of benzene rings is 2. The van der Waals surface area contributed by atoms with Crippen molar-refractivity contribution in [2.75, 3.05) is 18.6 Å². The van der Waals surface area contributed by atoms with Gasteiger partial charge in [-0.05, 0) is 61.4 Å². The van der Waals surface area contributed by atoms with Crippen LogP contribution in [0.2, 0.25) is 0 Å². The summed E-state index contributed by atoms with van der Waals surface area (Å²) in [6.45, 7) is 4.48. The molecule has 0 saturated carbocycles. The highest BCUT2D eigenvalue weighted by molar-refractivity contribution is 6.28. The molecule has 6 nitrogen and oxygen atoms in total. The number of carbonyl (C=O) groups excluding carboxylic acids is 1. The van der Waals surface area contributed by atoms with Gasteiger partial charge in [0.2, 0.25) is 11.7 Å². The maximum Gasteiger partial charge on any atom is 0.213 e. The molecule has 2 aliphatic heterocycles. The van der Waals surface area contributed by atoms with E-state index in [0.29, 0.717) is 35.9 Å². The lowest BCUT2D eigenvalue weighted by molar-refractivity contribution is 0.0602. The van der Waals surface area contributed by atoms with Gasteiger partial charge in [-0.15, -0.1) is 0 Å². The number of amidine groups is 1. The SMILES string of the molecule is COc1ccc2cc(N3CC[C@@]4(O)C(=O)c5cc(C)c(C)cc5N=C34)ccc2n1. The van der Waals surface area contributed by atoms with Gasteiger partial charge in [-0.25, -0.2) is 9.98 Å². The van der Waals surface area contributed by atoms with Crippen LogP contribution in [0.15, 0.2) is 47.5 Å². The molecule has 5 rings (SSSR count). The maximum atomic E-state index is 13.2. The minimum atomic E-state index is -1.58. The van der Waals surface area contributed by atoms with Gasteiger partial charge in [0.15, 0.2) is 5.60 Å². The zero-order valence-corrected chi connectivity index (χ0v) is 16.6. The normalized spacial score (nSPS) is 20.5. The lowest BCUT2D eigenvalue weighted by Gasteiger charge is -2.30. The number of anilines is 1. The Labute approximate surface area is 168 Å². The Morgan fingerprint density at radius 3 is 2.69 bits per heavy atom. The van der Waals surface area contributed by atoms with Crippen LogP contribution in [0.1, 0.15) is 27.9 Å². The minimum Gasteiger partial charge on any atom is -0.481 e. The molecule has 1 N–H and O–H groups in total. The molecule has 2 aliphatic rings. The standard InChI is InChI=1S/C23H21N3O3/c1-13-10-17-19(11-14(13)2)25-22-23(28,21(17)27)8-9-26(22)16-5-6-18-15(12-16)4-7-20(24-18)29-3/h4-7,10-12,28H,8-9H2,1-3H3/t23-/m1/s1. The number of pyridine rings is 1. The van der Waals surface area contributed by atoms with Gasteiger partial charge in [-0.2, -0.15) is 0 Å². The van der Waals surface area contributed by atoms with Crippen molar-refractivity contribution in [2.45, 2.75) is 25.9 Å². The first-order chi connectivity index (χ1) is 13.9. The third kappa shape index (κ3) is 2.56. The number of Topliss-reactive ketones (excluding diaryl/α,β-unsaturated/α-hetero) is 1. The van der Waals surface area contributed by atoms with Crippen molar-refractivity contribution in [1.82, 2.24) is 4.98 Å². The number of aliphatic hydroxyl groups is 1. The van der Waals surface area contributed by atoms with Crippen molar-refractivity contribution >= 4 is 33.9 Å². The van der Waals surface area contributed by atoms with Crippen LogP contribution in [-0.2, 0) is 0 Å². The Morgan fingerprint density at radius 2 is 1.90 bits per heavy atom. The summed E-state index contributed by atoms with van der Waals surface area (Å²) in [4.78, 5) is 24.3. The van der Waals surface area contributed by atoms with E-state index in [1.807, 2.05) is 61.2 Å². The summed E-state index contributed by atoms with van der Waals surface area (Å²) in [7, 11) is 1.59. The summed E-state index contributed by atoms with van der Waals surface area (Å²) in [5.74, 6) is 0.694. The summed E-state index contributed by atoms with van der Waals surface area (Å²) in [6.07, 6.45) is 0.315. The van der Waals surface area contributed by atoms with E-state index < -0.39 is 5.60 Å². The van der Waals surface area contributed by atoms with Crippen molar-refractivity contribution in [1.29, 1.82) is 0 Å². The Hall–Kier alpha value is -3.25. The van der Waals surface area contributed by atoms with Crippen LogP contribution in [0.25, 0.3) is 10.9 Å². The fraction of sp³-hybridized carbons (Fsp3) is 0.261. The number of nitrogens with zero attached hydrogens (tertiary/aromatic N) is 3. The van der Waals surface area contributed by atoms with Crippen molar-refractivity contribution in [3.63, 3.8) is 0 Å². The van der Waals surface area contributed by atoms with E-state index in [2.05, 4.69) is 4.98 Å². The number of fused-ring (bicyclic) bond motifs is 3. The lowest BCUT2D eigenvalue weighted by atomic mass is 9.86. The van der Waals surface area contributed by atoms with Crippen LogP contribution in [0.4, 0.5) is 11.4 Å². The van der Waals surface area contributed by atoms with Gasteiger partial charge in [0.05, 0.1) is 18.3 Å². The van der Waals surface area contributed by atoms with Gasteiger partial charge in [0, 0.05) is 35.7 Å². The van der Waals surface area contributed by atoms with Gasteiger partial charge < -0.3 is 14.7 Å². The number of hydrogen-bond acceptors (Lipinski definition) is 6. The van der Waals surface area contributed by atoms with E-state index in [-0.39, 0.29) is 5.78 Å². The molecule has 146 valence electrons. The average Bonchev–Trinajstić information content (AvgIpc) is 3.07. The smallest absolute Gasteiger partial charge is 0.213 e. The van der Waals surface area contributed by atoms with Crippen LogP contribution in [0.3, 0.4) is 0 Å². The molecule has 0 unspecified atom stereocenters. The first-order valence-electron chi connectivity index (χ1n) is 9.60. The topological polar surface area (TPSA) is 75.0 Å². The van der Waals surface area contributed by atoms with Gasteiger partial charge in [0.1, 0.15) is 5.84 Å². The molecule has 1 aromatic heterocycles. The molecule has 0 aliphatic carbocycles. The molecular weight excluding hydrogens is 366 g/mol. The molecular formula is C23H21N3O3. The zero-order chi connectivity index (χ0) is 20.3. The van der Waals surface area contributed by atoms with Crippen LogP contribution in [-0.4, -0.2) is 41.0 Å². The van der Waals surface area contributed by atoms with Crippen LogP contribution >= 0.6 is 0 Å². The van der Waals surface area contributed by atoms with Crippen molar-refractivity contribution < 1.29 is 14.6 Å². The second kappa shape index (κ2) is 6.12. The minimum absolute atomic E-state index is 0.268. The summed E-state index contributed by atoms with van der Waals surface area (Å²) < 4.78 is 5.19. The Bertz CT molecular complexity index is 1220. The van der Waals surface area contributed by atoms with Crippen molar-refractivity contribution in [3.05, 3.63) is 59.2 Å². The molecule has 29 heavy (non-hydrogen) atoms. The van der Waals surface area contributed by atoms with E-state index in [9.17, 15) is 9.90 Å². The Balaban J connectivity index is 1.62. The molecule has 1 saturated heterocycles. The Morgan fingerprint density at radius 1 is 1.10 bits per heavy atom. The van der Waals surface area contributed by atoms with E-state index in [0.717, 1.165) is 27.7 Å². The fourth-order valence-electron chi connectivity index (χ4n) is 4.12. The predicted molar refractivity (Wildman–Crippen MR) is 113 cm³/mol.